The van der Waals surface area contributed by atoms with Gasteiger partial charge in [0.2, 0.25) is 11.5 Å². The van der Waals surface area contributed by atoms with E-state index < -0.39 is 21.2 Å². The largest absolute Gasteiger partial charge is 0.349 e. The Morgan fingerprint density at radius 1 is 1.08 bits per heavy atom. The van der Waals surface area contributed by atoms with E-state index >= 15 is 0 Å². The van der Waals surface area contributed by atoms with Crippen LogP contribution in [0.2, 0.25) is 0 Å². The third-order valence-electron chi connectivity index (χ3n) is 3.30. The molecule has 1 heterocycles. The van der Waals surface area contributed by atoms with Crippen LogP contribution in [0.3, 0.4) is 0 Å². The van der Waals surface area contributed by atoms with E-state index in [0.29, 0.717) is 5.56 Å². The van der Waals surface area contributed by atoms with Crippen LogP contribution in [0.4, 0.5) is 11.4 Å². The molecule has 0 bridgehead atoms. The van der Waals surface area contributed by atoms with E-state index in [2.05, 4.69) is 10.1 Å². The lowest BCUT2D eigenvalue weighted by Crippen LogP contribution is -2.14. The summed E-state index contributed by atoms with van der Waals surface area (Å²) >= 11 is 0. The number of carbonyl (C=O) groups is 1. The van der Waals surface area contributed by atoms with Crippen molar-refractivity contribution in [1.29, 1.82) is 0 Å². The number of oxime groups is 1. The second kappa shape index (κ2) is 6.28. The standard InChI is InChI=1S/C15H8N4O6/c20-13-5-4-11(10-2-1-7-16-15(10)13)17-25-14-6-3-9(18(21)22)8-12(14)19(23)24/h1-8H. The average Bonchev–Trinajstić information content (AvgIpc) is 2.61. The summed E-state index contributed by atoms with van der Waals surface area (Å²) in [6.07, 6.45) is 4.10. The summed E-state index contributed by atoms with van der Waals surface area (Å²) in [5.74, 6) is -0.560. The van der Waals surface area contributed by atoms with Crippen molar-refractivity contribution in [3.05, 3.63) is 80.2 Å². The first-order chi connectivity index (χ1) is 12.0. The fraction of sp³-hybridized carbons (Fsp3) is 0. The molecule has 0 amide bonds. The molecule has 10 heteroatoms. The number of carbonyl (C=O) groups excluding carboxylic acids is 1. The second-order valence-corrected chi connectivity index (χ2v) is 4.83. The molecule has 3 rings (SSSR count). The minimum absolute atomic E-state index is 0.186. The number of aromatic nitrogens is 1. The van der Waals surface area contributed by atoms with Crippen LogP contribution in [-0.2, 0) is 0 Å². The van der Waals surface area contributed by atoms with Crippen molar-refractivity contribution in [2.24, 2.45) is 5.16 Å². The van der Waals surface area contributed by atoms with E-state index in [0.717, 1.165) is 18.2 Å². The summed E-state index contributed by atoms with van der Waals surface area (Å²) < 4.78 is 0. The molecule has 0 aliphatic heterocycles. The Morgan fingerprint density at radius 3 is 2.60 bits per heavy atom. The molecule has 0 unspecified atom stereocenters. The highest BCUT2D eigenvalue weighted by Crippen LogP contribution is 2.31. The number of nitrogens with zero attached hydrogens (tertiary/aromatic N) is 4. The zero-order valence-corrected chi connectivity index (χ0v) is 12.4. The summed E-state index contributed by atoms with van der Waals surface area (Å²) in [4.78, 5) is 41.1. The van der Waals surface area contributed by atoms with Crippen molar-refractivity contribution in [3.63, 3.8) is 0 Å². The van der Waals surface area contributed by atoms with Gasteiger partial charge in [0.05, 0.1) is 15.9 Å². The molecular weight excluding hydrogens is 332 g/mol. The average molecular weight is 340 g/mol. The number of benzene rings is 1. The van der Waals surface area contributed by atoms with E-state index in [1.54, 1.807) is 12.1 Å². The monoisotopic (exact) mass is 340 g/mol. The van der Waals surface area contributed by atoms with Gasteiger partial charge in [-0.05, 0) is 30.4 Å². The van der Waals surface area contributed by atoms with E-state index in [9.17, 15) is 25.0 Å². The van der Waals surface area contributed by atoms with Gasteiger partial charge in [-0.15, -0.1) is 0 Å². The van der Waals surface area contributed by atoms with E-state index in [1.807, 2.05) is 0 Å². The molecule has 0 atom stereocenters. The summed E-state index contributed by atoms with van der Waals surface area (Å²) in [6, 6.07) is 6.15. The molecule has 0 spiro atoms. The van der Waals surface area contributed by atoms with Gasteiger partial charge < -0.3 is 4.84 Å². The first kappa shape index (κ1) is 15.9. The lowest BCUT2D eigenvalue weighted by Gasteiger charge is -2.10. The Morgan fingerprint density at radius 2 is 1.88 bits per heavy atom. The lowest BCUT2D eigenvalue weighted by molar-refractivity contribution is -0.394. The predicted molar refractivity (Wildman–Crippen MR) is 84.6 cm³/mol. The molecule has 0 saturated heterocycles. The van der Waals surface area contributed by atoms with Gasteiger partial charge in [0.25, 0.3) is 5.69 Å². The molecule has 0 fully saturated rings. The first-order valence-corrected chi connectivity index (χ1v) is 6.83. The summed E-state index contributed by atoms with van der Waals surface area (Å²) in [5.41, 5.74) is -0.189. The van der Waals surface area contributed by atoms with Crippen molar-refractivity contribution in [3.8, 4) is 5.75 Å². The number of nitro benzene ring substituents is 2. The van der Waals surface area contributed by atoms with Gasteiger partial charge in [-0.3, -0.25) is 30.0 Å². The zero-order valence-electron chi connectivity index (χ0n) is 12.4. The highest BCUT2D eigenvalue weighted by Gasteiger charge is 2.22. The molecule has 124 valence electrons. The summed E-state index contributed by atoms with van der Waals surface area (Å²) in [7, 11) is 0. The third-order valence-corrected chi connectivity index (χ3v) is 3.30. The molecule has 0 saturated carbocycles. The Kier molecular flexibility index (Phi) is 4.00. The van der Waals surface area contributed by atoms with Crippen LogP contribution < -0.4 is 4.84 Å². The van der Waals surface area contributed by atoms with E-state index in [-0.39, 0.29) is 22.9 Å². The van der Waals surface area contributed by atoms with Crippen LogP contribution in [0.25, 0.3) is 0 Å². The van der Waals surface area contributed by atoms with Crippen LogP contribution in [0.15, 0.2) is 53.8 Å². The number of rotatable bonds is 4. The van der Waals surface area contributed by atoms with Crippen LogP contribution in [0.5, 0.6) is 5.75 Å². The van der Waals surface area contributed by atoms with E-state index in [4.69, 9.17) is 4.84 Å². The number of allylic oxidation sites excluding steroid dienone is 2. The first-order valence-electron chi connectivity index (χ1n) is 6.83. The molecule has 0 N–H and O–H groups in total. The molecular formula is C15H8N4O6. The van der Waals surface area contributed by atoms with Crippen molar-refractivity contribution in [1.82, 2.24) is 4.98 Å². The summed E-state index contributed by atoms with van der Waals surface area (Å²) in [6.45, 7) is 0. The topological polar surface area (TPSA) is 138 Å². The number of pyridine rings is 1. The van der Waals surface area contributed by atoms with Crippen molar-refractivity contribution in [2.75, 3.05) is 0 Å². The normalized spacial score (nSPS) is 14.2. The number of hydrogen-bond acceptors (Lipinski definition) is 8. The van der Waals surface area contributed by atoms with Gasteiger partial charge in [0.1, 0.15) is 11.4 Å². The molecule has 1 aliphatic carbocycles. The van der Waals surface area contributed by atoms with Gasteiger partial charge in [-0.1, -0.05) is 5.16 Å². The Balaban J connectivity index is 1.97. The molecule has 2 aromatic rings. The van der Waals surface area contributed by atoms with E-state index in [1.165, 1.54) is 18.3 Å². The Labute approximate surface area is 139 Å². The molecule has 25 heavy (non-hydrogen) atoms. The highest BCUT2D eigenvalue weighted by atomic mass is 16.7. The quantitative estimate of drug-likeness (QED) is 0.615. The fourth-order valence-corrected chi connectivity index (χ4v) is 2.15. The zero-order chi connectivity index (χ0) is 18.0. The molecule has 1 aliphatic rings. The molecule has 1 aromatic carbocycles. The smallest absolute Gasteiger partial charge is 0.321 e. The van der Waals surface area contributed by atoms with Crippen LogP contribution in [0, 0.1) is 20.2 Å². The van der Waals surface area contributed by atoms with Gasteiger partial charge >= 0.3 is 5.69 Å². The molecule has 10 nitrogen and oxygen atoms in total. The van der Waals surface area contributed by atoms with Crippen LogP contribution in [-0.4, -0.2) is 26.3 Å². The highest BCUT2D eigenvalue weighted by molar-refractivity contribution is 6.22. The maximum absolute atomic E-state index is 11.8. The lowest BCUT2D eigenvalue weighted by atomic mass is 10.00. The maximum Gasteiger partial charge on any atom is 0.321 e. The third kappa shape index (κ3) is 3.08. The summed E-state index contributed by atoms with van der Waals surface area (Å²) in [5, 5.41) is 25.6. The Bertz CT molecular complexity index is 966. The maximum atomic E-state index is 11.8. The number of fused-ring (bicyclic) bond motifs is 1. The van der Waals surface area contributed by atoms with Gasteiger partial charge in [0.15, 0.2) is 0 Å². The van der Waals surface area contributed by atoms with Crippen molar-refractivity contribution in [2.45, 2.75) is 0 Å². The minimum Gasteiger partial charge on any atom is -0.349 e. The number of nitro groups is 2. The SMILES string of the molecule is O=C1C=CC(=NOc2ccc([N+](=O)[O-])cc2[N+](=O)[O-])c2cccnc21. The number of ketones is 1. The molecule has 0 radical (unpaired) electrons. The second-order valence-electron chi connectivity index (χ2n) is 4.83. The van der Waals surface area contributed by atoms with Gasteiger partial charge in [0, 0.05) is 17.8 Å². The molecule has 1 aromatic heterocycles. The fourth-order valence-electron chi connectivity index (χ4n) is 2.15. The van der Waals surface area contributed by atoms with Crippen molar-refractivity contribution >= 4 is 22.9 Å². The van der Waals surface area contributed by atoms with Crippen LogP contribution >= 0.6 is 0 Å². The number of hydrogen-bond donors (Lipinski definition) is 0. The number of non-ortho nitro benzene ring substituents is 1. The minimum atomic E-state index is -0.807. The van der Waals surface area contributed by atoms with Gasteiger partial charge in [-0.2, -0.15) is 0 Å². The van der Waals surface area contributed by atoms with Crippen molar-refractivity contribution < 1.29 is 19.5 Å². The van der Waals surface area contributed by atoms with Crippen LogP contribution in [0.1, 0.15) is 16.1 Å². The van der Waals surface area contributed by atoms with Gasteiger partial charge in [-0.25, -0.2) is 0 Å². The Hall–Kier alpha value is -3.95. The predicted octanol–water partition coefficient (Wildman–Crippen LogP) is 2.43.